The van der Waals surface area contributed by atoms with Crippen molar-refractivity contribution in [3.8, 4) is 11.5 Å². The van der Waals surface area contributed by atoms with Gasteiger partial charge in [0.15, 0.2) is 0 Å². The zero-order valence-corrected chi connectivity index (χ0v) is 14.5. The van der Waals surface area contributed by atoms with Gasteiger partial charge >= 0.3 is 5.97 Å². The number of carbonyl (C=O) groups is 2. The maximum Gasteiger partial charge on any atom is 0.307 e. The molecule has 0 aromatic heterocycles. The average Bonchev–Trinajstić information content (AvgIpc) is 2.65. The number of hydrogen-bond donors (Lipinski definition) is 2. The highest BCUT2D eigenvalue weighted by Crippen LogP contribution is 2.29. The van der Waals surface area contributed by atoms with Crippen LogP contribution in [0.15, 0.2) is 60.7 Å². The molecule has 5 nitrogen and oxygen atoms in total. The maximum atomic E-state index is 12.5. The van der Waals surface area contributed by atoms with Crippen LogP contribution in [0.4, 0.5) is 5.69 Å². The number of allylic oxidation sites excluding steroid dienone is 2. The number of carbonyl (C=O) groups excluding carboxylic acids is 1. The highest BCUT2D eigenvalue weighted by atomic mass is 16.5. The fourth-order valence-corrected chi connectivity index (χ4v) is 3.02. The summed E-state index contributed by atoms with van der Waals surface area (Å²) in [5, 5.41) is 12.1. The third kappa shape index (κ3) is 4.11. The molecule has 0 radical (unpaired) electrons. The third-order valence-corrected chi connectivity index (χ3v) is 4.53. The molecule has 0 saturated heterocycles. The number of rotatable bonds is 5. The minimum absolute atomic E-state index is 0.269. The van der Waals surface area contributed by atoms with Crippen LogP contribution in [0.5, 0.6) is 11.5 Å². The topological polar surface area (TPSA) is 75.6 Å². The molecule has 26 heavy (non-hydrogen) atoms. The van der Waals surface area contributed by atoms with E-state index < -0.39 is 17.8 Å². The Labute approximate surface area is 152 Å². The number of aliphatic carboxylic acids is 1. The lowest BCUT2D eigenvalue weighted by atomic mass is 9.82. The molecule has 1 amide bonds. The Morgan fingerprint density at radius 1 is 1.00 bits per heavy atom. The fourth-order valence-electron chi connectivity index (χ4n) is 3.02. The van der Waals surface area contributed by atoms with Crippen LogP contribution in [0, 0.1) is 18.8 Å². The summed E-state index contributed by atoms with van der Waals surface area (Å²) >= 11 is 0. The normalized spacial score (nSPS) is 19.0. The lowest BCUT2D eigenvalue weighted by Crippen LogP contribution is -2.34. The SMILES string of the molecule is Cc1ccccc1Oc1ccc(NC(=O)[C@@H]2CC=CC[C@H]2C(=O)O)cc1. The average molecular weight is 351 g/mol. The molecule has 0 aliphatic heterocycles. The molecule has 0 fully saturated rings. The van der Waals surface area contributed by atoms with Gasteiger partial charge in [-0.2, -0.15) is 0 Å². The molecule has 1 aliphatic carbocycles. The molecule has 3 rings (SSSR count). The van der Waals surface area contributed by atoms with Crippen molar-refractivity contribution in [3.63, 3.8) is 0 Å². The zero-order valence-electron chi connectivity index (χ0n) is 14.5. The zero-order chi connectivity index (χ0) is 18.5. The van der Waals surface area contributed by atoms with E-state index in [0.717, 1.165) is 11.3 Å². The predicted octanol–water partition coefficient (Wildman–Crippen LogP) is 4.39. The number of amides is 1. The molecule has 2 atom stereocenters. The van der Waals surface area contributed by atoms with Gasteiger partial charge in [-0.25, -0.2) is 0 Å². The maximum absolute atomic E-state index is 12.5. The summed E-state index contributed by atoms with van der Waals surface area (Å²) in [6.45, 7) is 1.97. The van der Waals surface area contributed by atoms with Gasteiger partial charge < -0.3 is 15.2 Å². The Bertz CT molecular complexity index is 826. The molecule has 5 heteroatoms. The molecule has 2 N–H and O–H groups in total. The Morgan fingerprint density at radius 3 is 2.31 bits per heavy atom. The van der Waals surface area contributed by atoms with Crippen LogP contribution >= 0.6 is 0 Å². The Morgan fingerprint density at radius 2 is 1.65 bits per heavy atom. The molecular weight excluding hydrogens is 330 g/mol. The third-order valence-electron chi connectivity index (χ3n) is 4.53. The molecule has 0 spiro atoms. The van der Waals surface area contributed by atoms with E-state index in [4.69, 9.17) is 4.74 Å². The lowest BCUT2D eigenvalue weighted by molar-refractivity contribution is -0.146. The van der Waals surface area contributed by atoms with Crippen molar-refractivity contribution in [1.82, 2.24) is 0 Å². The van der Waals surface area contributed by atoms with E-state index >= 15 is 0 Å². The summed E-state index contributed by atoms with van der Waals surface area (Å²) in [5.74, 6) is -0.987. The van der Waals surface area contributed by atoms with Gasteiger partial charge in [-0.05, 0) is 55.7 Å². The number of anilines is 1. The number of aryl methyl sites for hydroxylation is 1. The van der Waals surface area contributed by atoms with Crippen molar-refractivity contribution in [2.45, 2.75) is 19.8 Å². The molecular formula is C21H21NO4. The van der Waals surface area contributed by atoms with Gasteiger partial charge in [0.2, 0.25) is 5.91 Å². The second-order valence-corrected chi connectivity index (χ2v) is 6.38. The van der Waals surface area contributed by atoms with Crippen molar-refractivity contribution < 1.29 is 19.4 Å². The fraction of sp³-hybridized carbons (Fsp3) is 0.238. The molecule has 0 unspecified atom stereocenters. The van der Waals surface area contributed by atoms with E-state index in [-0.39, 0.29) is 5.91 Å². The van der Waals surface area contributed by atoms with Crippen LogP contribution < -0.4 is 10.1 Å². The number of hydrogen-bond acceptors (Lipinski definition) is 3. The summed E-state index contributed by atoms with van der Waals surface area (Å²) in [4.78, 5) is 23.8. The molecule has 0 bridgehead atoms. The van der Waals surface area contributed by atoms with Crippen LogP contribution in [0.1, 0.15) is 18.4 Å². The van der Waals surface area contributed by atoms with E-state index in [9.17, 15) is 14.7 Å². The number of carboxylic acid groups (broad SMARTS) is 1. The van der Waals surface area contributed by atoms with Gasteiger partial charge in [-0.1, -0.05) is 30.4 Å². The van der Waals surface area contributed by atoms with E-state index in [2.05, 4.69) is 5.32 Å². The summed E-state index contributed by atoms with van der Waals surface area (Å²) in [7, 11) is 0. The standard InChI is InChI=1S/C21H21NO4/c1-14-6-2-5-9-19(14)26-16-12-10-15(11-13-16)22-20(23)17-7-3-4-8-18(17)21(24)25/h2-6,9-13,17-18H,7-8H2,1H3,(H,22,23)(H,24,25)/t17-,18-/m1/s1. The minimum Gasteiger partial charge on any atom is -0.481 e. The summed E-state index contributed by atoms with van der Waals surface area (Å²) in [5.41, 5.74) is 1.65. The summed E-state index contributed by atoms with van der Waals surface area (Å²) in [6, 6.07) is 14.8. The number of benzene rings is 2. The van der Waals surface area contributed by atoms with Crippen LogP contribution in [0.2, 0.25) is 0 Å². The van der Waals surface area contributed by atoms with Gasteiger partial charge in [0.25, 0.3) is 0 Å². The highest BCUT2D eigenvalue weighted by molar-refractivity contribution is 5.95. The quantitative estimate of drug-likeness (QED) is 0.783. The first kappa shape index (κ1) is 17.7. The van der Waals surface area contributed by atoms with E-state index in [1.54, 1.807) is 24.3 Å². The summed E-state index contributed by atoms with van der Waals surface area (Å²) < 4.78 is 5.83. The Balaban J connectivity index is 1.65. The molecule has 1 aliphatic rings. The molecule has 0 saturated carbocycles. The number of carboxylic acids is 1. The largest absolute Gasteiger partial charge is 0.481 e. The van der Waals surface area contributed by atoms with Crippen molar-refractivity contribution in [1.29, 1.82) is 0 Å². The number of para-hydroxylation sites is 1. The van der Waals surface area contributed by atoms with Gasteiger partial charge in [-0.15, -0.1) is 0 Å². The van der Waals surface area contributed by atoms with Gasteiger partial charge in [-0.3, -0.25) is 9.59 Å². The first-order valence-electron chi connectivity index (χ1n) is 8.57. The molecule has 0 heterocycles. The van der Waals surface area contributed by atoms with E-state index in [1.807, 2.05) is 43.3 Å². The minimum atomic E-state index is -0.934. The summed E-state index contributed by atoms with van der Waals surface area (Å²) in [6.07, 6.45) is 4.51. The van der Waals surface area contributed by atoms with E-state index in [0.29, 0.717) is 24.3 Å². The number of nitrogens with one attached hydrogen (secondary N) is 1. The van der Waals surface area contributed by atoms with Gasteiger partial charge in [0, 0.05) is 5.69 Å². The van der Waals surface area contributed by atoms with E-state index in [1.165, 1.54) is 0 Å². The van der Waals surface area contributed by atoms with Crippen LogP contribution in [0.25, 0.3) is 0 Å². The first-order valence-corrected chi connectivity index (χ1v) is 8.57. The van der Waals surface area contributed by atoms with Crippen molar-refractivity contribution in [2.24, 2.45) is 11.8 Å². The second-order valence-electron chi connectivity index (χ2n) is 6.38. The smallest absolute Gasteiger partial charge is 0.307 e. The van der Waals surface area contributed by atoms with Crippen LogP contribution in [-0.4, -0.2) is 17.0 Å². The van der Waals surface area contributed by atoms with Crippen molar-refractivity contribution in [2.75, 3.05) is 5.32 Å². The molecule has 2 aromatic rings. The first-order chi connectivity index (χ1) is 12.5. The monoisotopic (exact) mass is 351 g/mol. The Kier molecular flexibility index (Phi) is 5.37. The van der Waals surface area contributed by atoms with Gasteiger partial charge in [0.05, 0.1) is 11.8 Å². The predicted molar refractivity (Wildman–Crippen MR) is 99.3 cm³/mol. The van der Waals surface area contributed by atoms with Crippen LogP contribution in [0.3, 0.4) is 0 Å². The second kappa shape index (κ2) is 7.87. The van der Waals surface area contributed by atoms with Gasteiger partial charge in [0.1, 0.15) is 11.5 Å². The Hall–Kier alpha value is -3.08. The van der Waals surface area contributed by atoms with Crippen molar-refractivity contribution >= 4 is 17.6 Å². The molecule has 134 valence electrons. The lowest BCUT2D eigenvalue weighted by Gasteiger charge is -2.24. The number of ether oxygens (including phenoxy) is 1. The van der Waals surface area contributed by atoms with Crippen molar-refractivity contribution in [3.05, 3.63) is 66.2 Å². The molecule has 2 aromatic carbocycles. The highest BCUT2D eigenvalue weighted by Gasteiger charge is 2.33. The van der Waals surface area contributed by atoms with Crippen LogP contribution in [-0.2, 0) is 9.59 Å².